The number of aromatic hydroxyl groups is 1. The first kappa shape index (κ1) is 20.7. The summed E-state index contributed by atoms with van der Waals surface area (Å²) in [5.41, 5.74) is 4.29. The molecule has 0 aliphatic carbocycles. The maximum atomic E-state index is 12.8. The van der Waals surface area contributed by atoms with Gasteiger partial charge in [-0.2, -0.15) is 0 Å². The van der Waals surface area contributed by atoms with Crippen LogP contribution >= 0.6 is 43.5 Å². The van der Waals surface area contributed by atoms with Gasteiger partial charge in [0.15, 0.2) is 11.5 Å². The van der Waals surface area contributed by atoms with Crippen LogP contribution in [0.15, 0.2) is 38.8 Å². The monoisotopic (exact) mass is 528 g/mol. The van der Waals surface area contributed by atoms with Crippen molar-refractivity contribution in [2.75, 3.05) is 11.6 Å². The summed E-state index contributed by atoms with van der Waals surface area (Å²) in [6.45, 7) is 3.98. The van der Waals surface area contributed by atoms with Crippen molar-refractivity contribution in [3.8, 4) is 11.5 Å². The van der Waals surface area contributed by atoms with Crippen LogP contribution in [-0.2, 0) is 9.59 Å². The maximum Gasteiger partial charge on any atom is 0.282 e. The number of hydrogen-bond acceptors (Lipinski definition) is 4. The van der Waals surface area contributed by atoms with Gasteiger partial charge in [-0.25, -0.2) is 5.01 Å². The Morgan fingerprint density at radius 1 is 1.25 bits per heavy atom. The smallest absolute Gasteiger partial charge is 0.282 e. The van der Waals surface area contributed by atoms with Gasteiger partial charge < -0.3 is 9.84 Å². The van der Waals surface area contributed by atoms with Crippen LogP contribution in [0, 0.1) is 6.92 Å². The Labute approximate surface area is 183 Å². The number of anilines is 1. The van der Waals surface area contributed by atoms with Crippen LogP contribution in [-0.4, -0.2) is 23.5 Å². The molecule has 1 saturated heterocycles. The summed E-state index contributed by atoms with van der Waals surface area (Å²) in [6, 6.07) is 6.62. The third kappa shape index (κ3) is 3.76. The van der Waals surface area contributed by atoms with E-state index in [1.54, 1.807) is 31.2 Å². The second kappa shape index (κ2) is 8.14. The van der Waals surface area contributed by atoms with Gasteiger partial charge in [-0.3, -0.25) is 15.0 Å². The summed E-state index contributed by atoms with van der Waals surface area (Å²) >= 11 is 12.8. The molecule has 2 aromatic rings. The molecule has 0 aromatic heterocycles. The number of hydrazine groups is 1. The number of amides is 2. The quantitative estimate of drug-likeness (QED) is 0.442. The number of nitrogens with zero attached hydrogens (tertiary/aromatic N) is 1. The lowest BCUT2D eigenvalue weighted by molar-refractivity contribution is -0.117. The van der Waals surface area contributed by atoms with Gasteiger partial charge in [0, 0.05) is 9.50 Å². The van der Waals surface area contributed by atoms with Crippen molar-refractivity contribution in [3.63, 3.8) is 0 Å². The van der Waals surface area contributed by atoms with Crippen molar-refractivity contribution >= 4 is 67.0 Å². The van der Waals surface area contributed by atoms with E-state index in [9.17, 15) is 14.7 Å². The van der Waals surface area contributed by atoms with Crippen molar-refractivity contribution in [1.29, 1.82) is 0 Å². The van der Waals surface area contributed by atoms with E-state index >= 15 is 0 Å². The molecule has 2 amide bonds. The van der Waals surface area contributed by atoms with E-state index in [2.05, 4.69) is 37.3 Å². The lowest BCUT2D eigenvalue weighted by Gasteiger charge is -2.15. The summed E-state index contributed by atoms with van der Waals surface area (Å²) in [5.74, 6) is -0.902. The standard InChI is InChI=1S/C19H15Br2ClN2O4/c1-3-28-14-7-10(15(20)16(21)17(14)25)6-12-18(26)23-24(19(12)27)11-5-4-9(2)13(22)8-11/h4-8,25H,3H2,1-2H3,(H,23,26)/b12-6+. The predicted octanol–water partition coefficient (Wildman–Crippen LogP) is 4.74. The van der Waals surface area contributed by atoms with Crippen molar-refractivity contribution < 1.29 is 19.4 Å². The van der Waals surface area contributed by atoms with E-state index in [-0.39, 0.29) is 17.1 Å². The molecule has 2 N–H and O–H groups in total. The average Bonchev–Trinajstić information content (AvgIpc) is 2.94. The van der Waals surface area contributed by atoms with Crippen LogP contribution in [0.5, 0.6) is 11.5 Å². The summed E-state index contributed by atoms with van der Waals surface area (Å²) in [5, 5.41) is 11.8. The number of hydrogen-bond donors (Lipinski definition) is 2. The van der Waals surface area contributed by atoms with Gasteiger partial charge in [-0.15, -0.1) is 0 Å². The third-order valence-corrected chi connectivity index (χ3v) is 6.64. The van der Waals surface area contributed by atoms with Crippen LogP contribution in [0.1, 0.15) is 18.1 Å². The topological polar surface area (TPSA) is 78.9 Å². The molecule has 1 aliphatic heterocycles. The van der Waals surface area contributed by atoms with E-state index in [4.69, 9.17) is 16.3 Å². The molecule has 1 fully saturated rings. The van der Waals surface area contributed by atoms with Crippen LogP contribution < -0.4 is 15.2 Å². The van der Waals surface area contributed by atoms with Crippen molar-refractivity contribution in [1.82, 2.24) is 5.43 Å². The van der Waals surface area contributed by atoms with Crippen LogP contribution in [0.25, 0.3) is 6.08 Å². The van der Waals surface area contributed by atoms with Gasteiger partial charge >= 0.3 is 0 Å². The third-order valence-electron chi connectivity index (χ3n) is 4.08. The number of phenolic OH excluding ortho intramolecular Hbond substituents is 1. The molecule has 28 heavy (non-hydrogen) atoms. The van der Waals surface area contributed by atoms with Crippen molar-refractivity contribution in [3.05, 3.63) is 54.9 Å². The molecule has 6 nitrogen and oxygen atoms in total. The zero-order valence-electron chi connectivity index (χ0n) is 14.8. The summed E-state index contributed by atoms with van der Waals surface area (Å²) in [4.78, 5) is 25.2. The SMILES string of the molecule is CCOc1cc(/C=C2\C(=O)NN(c3ccc(C)c(Cl)c3)C2=O)c(Br)c(Br)c1O. The highest BCUT2D eigenvalue weighted by Gasteiger charge is 2.35. The highest BCUT2D eigenvalue weighted by atomic mass is 79.9. The van der Waals surface area contributed by atoms with Crippen molar-refractivity contribution in [2.24, 2.45) is 0 Å². The van der Waals surface area contributed by atoms with E-state index in [0.717, 1.165) is 10.6 Å². The number of halogens is 3. The first-order chi connectivity index (χ1) is 13.2. The van der Waals surface area contributed by atoms with E-state index in [1.807, 2.05) is 6.92 Å². The number of rotatable bonds is 4. The Kier molecular flexibility index (Phi) is 6.02. The molecule has 1 aliphatic rings. The number of carbonyl (C=O) groups excluding carboxylic acids is 2. The fourth-order valence-corrected chi connectivity index (χ4v) is 3.61. The molecule has 0 unspecified atom stereocenters. The Hall–Kier alpha value is -2.03. The molecule has 9 heteroatoms. The number of aryl methyl sites for hydroxylation is 1. The normalized spacial score (nSPS) is 15.3. The first-order valence-corrected chi connectivity index (χ1v) is 10.2. The summed E-state index contributed by atoms with van der Waals surface area (Å²) in [6.07, 6.45) is 1.43. The molecule has 0 bridgehead atoms. The number of benzene rings is 2. The molecular weight excluding hydrogens is 515 g/mol. The molecule has 1 heterocycles. The minimum atomic E-state index is -0.546. The number of phenols is 1. The molecule has 0 atom stereocenters. The number of nitrogens with one attached hydrogen (secondary N) is 1. The van der Waals surface area contributed by atoms with Gasteiger partial charge in [0.25, 0.3) is 11.8 Å². The highest BCUT2D eigenvalue weighted by molar-refractivity contribution is 9.13. The van der Waals surface area contributed by atoms with E-state index < -0.39 is 11.8 Å². The minimum absolute atomic E-state index is 0.0579. The van der Waals surface area contributed by atoms with E-state index in [1.165, 1.54) is 6.08 Å². The average molecular weight is 531 g/mol. The van der Waals surface area contributed by atoms with Gasteiger partial charge in [-0.1, -0.05) is 17.7 Å². The first-order valence-electron chi connectivity index (χ1n) is 8.21. The maximum absolute atomic E-state index is 12.8. The molecule has 0 saturated carbocycles. The highest BCUT2D eigenvalue weighted by Crippen LogP contribution is 2.42. The Morgan fingerprint density at radius 3 is 2.61 bits per heavy atom. The zero-order chi connectivity index (χ0) is 20.6. The molecule has 0 spiro atoms. The van der Waals surface area contributed by atoms with Gasteiger partial charge in [0.05, 0.1) is 16.8 Å². The Balaban J connectivity index is 2.02. The fourth-order valence-electron chi connectivity index (χ4n) is 2.60. The molecule has 146 valence electrons. The second-order valence-electron chi connectivity index (χ2n) is 5.95. The summed E-state index contributed by atoms with van der Waals surface area (Å²) < 4.78 is 6.25. The number of ether oxygens (including phenoxy) is 1. The molecule has 2 aromatic carbocycles. The largest absolute Gasteiger partial charge is 0.503 e. The fraction of sp³-hybridized carbons (Fsp3) is 0.158. The van der Waals surface area contributed by atoms with Gasteiger partial charge in [0.1, 0.15) is 5.57 Å². The molecular formula is C19H15Br2ClN2O4. The number of carbonyl (C=O) groups is 2. The van der Waals surface area contributed by atoms with Crippen LogP contribution in [0.2, 0.25) is 5.02 Å². The lowest BCUT2D eigenvalue weighted by atomic mass is 10.1. The Bertz CT molecular complexity index is 1020. The predicted molar refractivity (Wildman–Crippen MR) is 114 cm³/mol. The minimum Gasteiger partial charge on any atom is -0.503 e. The van der Waals surface area contributed by atoms with E-state index in [0.29, 0.717) is 31.8 Å². The molecule has 3 rings (SSSR count). The van der Waals surface area contributed by atoms with Crippen LogP contribution in [0.3, 0.4) is 0 Å². The zero-order valence-corrected chi connectivity index (χ0v) is 18.8. The van der Waals surface area contributed by atoms with Gasteiger partial charge in [0.2, 0.25) is 0 Å². The Morgan fingerprint density at radius 2 is 1.96 bits per heavy atom. The van der Waals surface area contributed by atoms with Gasteiger partial charge in [-0.05, 0) is 81.1 Å². The van der Waals surface area contributed by atoms with Crippen LogP contribution in [0.4, 0.5) is 5.69 Å². The summed E-state index contributed by atoms with van der Waals surface area (Å²) in [7, 11) is 0. The van der Waals surface area contributed by atoms with Crippen molar-refractivity contribution in [2.45, 2.75) is 13.8 Å². The lowest BCUT2D eigenvalue weighted by Crippen LogP contribution is -2.35. The second-order valence-corrected chi connectivity index (χ2v) is 7.94. The molecule has 0 radical (unpaired) electrons.